The molecule has 0 aliphatic carbocycles. The fourth-order valence-electron chi connectivity index (χ4n) is 4.14. The van der Waals surface area contributed by atoms with E-state index in [1.165, 1.54) is 17.0 Å². The van der Waals surface area contributed by atoms with E-state index in [0.717, 1.165) is 5.75 Å². The van der Waals surface area contributed by atoms with Gasteiger partial charge in [-0.05, 0) is 54.9 Å². The number of likely N-dealkylation sites (tertiary alicyclic amines) is 1. The minimum absolute atomic E-state index is 0.0293. The number of phenolic OH excluding ortho intramolecular Hbond substituents is 1. The van der Waals surface area contributed by atoms with Gasteiger partial charge >= 0.3 is 5.97 Å². The molecule has 200 valence electrons. The summed E-state index contributed by atoms with van der Waals surface area (Å²) < 4.78 is 0. The second-order valence-electron chi connectivity index (χ2n) is 9.22. The Balaban J connectivity index is 2.12. The second-order valence-corrected chi connectivity index (χ2v) is 10.2. The van der Waals surface area contributed by atoms with Gasteiger partial charge in [-0.15, -0.1) is 0 Å². The summed E-state index contributed by atoms with van der Waals surface area (Å²) in [5.74, 6) is -1.91. The number of nitrogens with one attached hydrogen (secondary N) is 2. The number of carbonyl (C=O) groups excluding carboxylic acids is 3. The number of phenols is 1. The molecule has 2 rings (SSSR count). The average molecular weight is 523 g/mol. The summed E-state index contributed by atoms with van der Waals surface area (Å²) in [5, 5.41) is 24.5. The van der Waals surface area contributed by atoms with Crippen molar-refractivity contribution in [3.05, 3.63) is 29.8 Å². The number of rotatable bonds is 13. The smallest absolute Gasteiger partial charge is 0.326 e. The van der Waals surface area contributed by atoms with E-state index in [1.807, 2.05) is 20.1 Å². The van der Waals surface area contributed by atoms with Gasteiger partial charge < -0.3 is 31.5 Å². The number of hydrogen-bond acceptors (Lipinski definition) is 7. The Kier molecular flexibility index (Phi) is 11.5. The summed E-state index contributed by atoms with van der Waals surface area (Å²) in [4.78, 5) is 52.6. The van der Waals surface area contributed by atoms with E-state index in [1.54, 1.807) is 23.9 Å². The number of carboxylic acids is 1. The van der Waals surface area contributed by atoms with E-state index < -0.39 is 42.0 Å². The van der Waals surface area contributed by atoms with Crippen LogP contribution in [0.5, 0.6) is 5.75 Å². The van der Waals surface area contributed by atoms with Crippen LogP contribution in [0.2, 0.25) is 0 Å². The van der Waals surface area contributed by atoms with Crippen molar-refractivity contribution in [3.63, 3.8) is 0 Å². The zero-order chi connectivity index (χ0) is 26.8. The minimum atomic E-state index is -1.20. The van der Waals surface area contributed by atoms with Crippen molar-refractivity contribution >= 4 is 35.5 Å². The highest BCUT2D eigenvalue weighted by Crippen LogP contribution is 2.22. The van der Waals surface area contributed by atoms with Crippen LogP contribution in [-0.2, 0) is 25.6 Å². The van der Waals surface area contributed by atoms with Crippen LogP contribution in [0, 0.1) is 5.92 Å². The Morgan fingerprint density at radius 2 is 1.86 bits per heavy atom. The molecule has 0 radical (unpaired) electrons. The Hall–Kier alpha value is -2.79. The topological polar surface area (TPSA) is 162 Å². The molecule has 3 amide bonds. The van der Waals surface area contributed by atoms with Crippen LogP contribution in [0.25, 0.3) is 0 Å². The lowest BCUT2D eigenvalue weighted by Gasteiger charge is -2.32. The van der Waals surface area contributed by atoms with E-state index in [2.05, 4.69) is 10.6 Å². The first-order valence-corrected chi connectivity index (χ1v) is 13.6. The van der Waals surface area contributed by atoms with Crippen molar-refractivity contribution in [3.8, 4) is 5.75 Å². The molecular formula is C25H38N4O6S. The molecule has 1 aliphatic rings. The molecule has 5 unspecified atom stereocenters. The second kappa shape index (κ2) is 14.1. The number of amides is 3. The lowest BCUT2D eigenvalue weighted by atomic mass is 9.96. The molecule has 0 saturated carbocycles. The maximum absolute atomic E-state index is 13.5. The first-order valence-electron chi connectivity index (χ1n) is 12.2. The minimum Gasteiger partial charge on any atom is -0.508 e. The largest absolute Gasteiger partial charge is 0.508 e. The number of aromatic hydroxyl groups is 1. The number of nitrogens with two attached hydrogens (primary N) is 1. The Morgan fingerprint density at radius 1 is 1.19 bits per heavy atom. The van der Waals surface area contributed by atoms with Gasteiger partial charge in [0, 0.05) is 13.0 Å². The van der Waals surface area contributed by atoms with Crippen molar-refractivity contribution in [1.29, 1.82) is 0 Å². The molecule has 1 aromatic carbocycles. The van der Waals surface area contributed by atoms with Gasteiger partial charge in [0.2, 0.25) is 17.7 Å². The molecular weight excluding hydrogens is 484 g/mol. The molecule has 11 heteroatoms. The molecule has 1 fully saturated rings. The van der Waals surface area contributed by atoms with Crippen LogP contribution in [0.3, 0.4) is 0 Å². The fraction of sp³-hybridized carbons (Fsp3) is 0.600. The highest BCUT2D eigenvalue weighted by atomic mass is 32.2. The monoisotopic (exact) mass is 522 g/mol. The molecule has 1 aliphatic heterocycles. The first-order chi connectivity index (χ1) is 17.1. The van der Waals surface area contributed by atoms with Crippen molar-refractivity contribution in [2.75, 3.05) is 18.6 Å². The number of carbonyl (C=O) groups is 4. The predicted molar refractivity (Wildman–Crippen MR) is 138 cm³/mol. The van der Waals surface area contributed by atoms with E-state index in [-0.39, 0.29) is 24.0 Å². The van der Waals surface area contributed by atoms with Crippen molar-refractivity contribution < 1.29 is 29.4 Å². The van der Waals surface area contributed by atoms with Crippen molar-refractivity contribution in [2.24, 2.45) is 11.7 Å². The maximum Gasteiger partial charge on any atom is 0.326 e. The highest BCUT2D eigenvalue weighted by molar-refractivity contribution is 7.98. The van der Waals surface area contributed by atoms with Gasteiger partial charge in [0.25, 0.3) is 0 Å². The van der Waals surface area contributed by atoms with Gasteiger partial charge in [0.1, 0.15) is 23.9 Å². The van der Waals surface area contributed by atoms with Gasteiger partial charge in [-0.1, -0.05) is 32.4 Å². The number of carboxylic acid groups (broad SMARTS) is 1. The SMILES string of the molecule is CCC(C)C(NC(=O)C(N)CCSC)C(=O)N1CCCC1C(=O)NC(Cc1ccc(O)cc1)C(=O)O. The maximum atomic E-state index is 13.5. The normalized spacial score (nSPS) is 18.7. The fourth-order valence-corrected chi connectivity index (χ4v) is 4.63. The standard InChI is InChI=1S/C25H38N4O6S/c1-4-15(2)21(28-22(31)18(26)11-13-36-3)24(33)29-12-5-6-20(29)23(32)27-19(25(34)35)14-16-7-9-17(30)10-8-16/h7-10,15,18-21,30H,4-6,11-14,26H2,1-3H3,(H,27,32)(H,28,31)(H,34,35). The average Bonchev–Trinajstić information content (AvgIpc) is 3.35. The van der Waals surface area contributed by atoms with Gasteiger partial charge in [0.05, 0.1) is 6.04 Å². The van der Waals surface area contributed by atoms with Gasteiger partial charge in [-0.2, -0.15) is 11.8 Å². The molecule has 0 aromatic heterocycles. The summed E-state index contributed by atoms with van der Waals surface area (Å²) in [5.41, 5.74) is 6.63. The molecule has 0 spiro atoms. The third kappa shape index (κ3) is 8.12. The summed E-state index contributed by atoms with van der Waals surface area (Å²) in [6, 6.07) is 2.49. The van der Waals surface area contributed by atoms with Crippen LogP contribution in [-0.4, -0.2) is 81.5 Å². The first kappa shape index (κ1) is 29.4. The van der Waals surface area contributed by atoms with Gasteiger partial charge in [-0.3, -0.25) is 14.4 Å². The van der Waals surface area contributed by atoms with Crippen LogP contribution < -0.4 is 16.4 Å². The Labute approximate surface area is 216 Å². The molecule has 0 bridgehead atoms. The van der Waals surface area contributed by atoms with Gasteiger partial charge in [-0.25, -0.2) is 4.79 Å². The van der Waals surface area contributed by atoms with Crippen molar-refractivity contribution in [1.82, 2.24) is 15.5 Å². The summed E-state index contributed by atoms with van der Waals surface area (Å²) in [6.07, 6.45) is 4.07. The molecule has 10 nitrogen and oxygen atoms in total. The highest BCUT2D eigenvalue weighted by Gasteiger charge is 2.40. The van der Waals surface area contributed by atoms with E-state index >= 15 is 0 Å². The molecule has 36 heavy (non-hydrogen) atoms. The van der Waals surface area contributed by atoms with E-state index in [0.29, 0.717) is 37.8 Å². The molecule has 6 N–H and O–H groups in total. The quantitative estimate of drug-likeness (QED) is 0.257. The molecule has 1 aromatic rings. The number of hydrogen-bond donors (Lipinski definition) is 5. The summed E-state index contributed by atoms with van der Waals surface area (Å²) >= 11 is 1.58. The third-order valence-electron chi connectivity index (χ3n) is 6.58. The van der Waals surface area contributed by atoms with E-state index in [4.69, 9.17) is 5.73 Å². The number of benzene rings is 1. The van der Waals surface area contributed by atoms with Gasteiger partial charge in [0.15, 0.2) is 0 Å². The summed E-state index contributed by atoms with van der Waals surface area (Å²) in [7, 11) is 0. The Bertz CT molecular complexity index is 912. The number of nitrogens with zero attached hydrogens (tertiary/aromatic N) is 1. The Morgan fingerprint density at radius 3 is 2.44 bits per heavy atom. The summed E-state index contributed by atoms with van der Waals surface area (Å²) in [6.45, 7) is 4.12. The molecule has 5 atom stereocenters. The number of aliphatic carboxylic acids is 1. The predicted octanol–water partition coefficient (Wildman–Crippen LogP) is 1.11. The zero-order valence-electron chi connectivity index (χ0n) is 21.1. The van der Waals surface area contributed by atoms with Crippen molar-refractivity contribution in [2.45, 2.75) is 70.1 Å². The lowest BCUT2D eigenvalue weighted by molar-refractivity contribution is -0.145. The molecule has 1 heterocycles. The third-order valence-corrected chi connectivity index (χ3v) is 7.22. The van der Waals surface area contributed by atoms with Crippen LogP contribution in [0.1, 0.15) is 45.1 Å². The van der Waals surface area contributed by atoms with Crippen LogP contribution in [0.15, 0.2) is 24.3 Å². The molecule has 1 saturated heterocycles. The van der Waals surface area contributed by atoms with Crippen LogP contribution >= 0.6 is 11.8 Å². The van der Waals surface area contributed by atoms with E-state index in [9.17, 15) is 29.4 Å². The lowest BCUT2D eigenvalue weighted by Crippen LogP contribution is -2.58. The van der Waals surface area contributed by atoms with Crippen LogP contribution in [0.4, 0.5) is 0 Å². The zero-order valence-corrected chi connectivity index (χ0v) is 21.9. The number of thioether (sulfide) groups is 1.